The van der Waals surface area contributed by atoms with Crippen molar-refractivity contribution in [2.75, 3.05) is 38.4 Å². The van der Waals surface area contributed by atoms with Gasteiger partial charge in [-0.3, -0.25) is 9.58 Å². The minimum Gasteiger partial charge on any atom is -0.466 e. The van der Waals surface area contributed by atoms with Gasteiger partial charge in [0.25, 0.3) is 0 Å². The molecule has 2 aromatic heterocycles. The van der Waals surface area contributed by atoms with E-state index in [4.69, 9.17) is 19.4 Å². The number of hydrogen-bond acceptors (Lipinski definition) is 7. The maximum absolute atomic E-state index is 11.6. The van der Waals surface area contributed by atoms with Crippen LogP contribution in [0.15, 0.2) is 36.7 Å². The quantitative estimate of drug-likeness (QED) is 0.423. The van der Waals surface area contributed by atoms with Crippen LogP contribution >= 0.6 is 0 Å². The molecule has 2 aliphatic rings. The van der Waals surface area contributed by atoms with Crippen molar-refractivity contribution < 1.29 is 19.4 Å². The fourth-order valence-corrected chi connectivity index (χ4v) is 5.32. The smallest absolute Gasteiger partial charge is 0.407 e. The van der Waals surface area contributed by atoms with Crippen LogP contribution < -0.4 is 9.64 Å². The number of ether oxygens (including phenoxy) is 2. The van der Waals surface area contributed by atoms with E-state index in [2.05, 4.69) is 22.1 Å². The van der Waals surface area contributed by atoms with Gasteiger partial charge in [0.1, 0.15) is 5.75 Å². The van der Waals surface area contributed by atoms with E-state index in [1.165, 1.54) is 0 Å². The number of nitrogens with zero attached hydrogens (tertiary/aromatic N) is 6. The molecule has 10 nitrogen and oxygen atoms in total. The number of aryl methyl sites for hydroxylation is 2. The van der Waals surface area contributed by atoms with Crippen LogP contribution in [-0.2, 0) is 11.8 Å². The third kappa shape index (κ3) is 3.69. The SMILES string of the molecule is COCOc1c(-c2ncc3cc(N4CCN(C(=O)O)C5(CC5)C4)ccc3n2)cc2cn(C)nc2c1C. The molecule has 1 saturated carbocycles. The summed E-state index contributed by atoms with van der Waals surface area (Å²) < 4.78 is 12.9. The Bertz CT molecular complexity index is 1500. The molecule has 3 heterocycles. The van der Waals surface area contributed by atoms with Crippen molar-refractivity contribution in [1.29, 1.82) is 0 Å². The summed E-state index contributed by atoms with van der Waals surface area (Å²) in [5.41, 5.74) is 4.22. The maximum atomic E-state index is 11.6. The Morgan fingerprint density at radius 3 is 2.78 bits per heavy atom. The van der Waals surface area contributed by atoms with E-state index in [0.29, 0.717) is 31.2 Å². The number of amides is 1. The molecule has 10 heteroatoms. The van der Waals surface area contributed by atoms with Crippen molar-refractivity contribution in [3.05, 3.63) is 42.2 Å². The predicted molar refractivity (Wildman–Crippen MR) is 135 cm³/mol. The van der Waals surface area contributed by atoms with E-state index in [9.17, 15) is 9.90 Å². The summed E-state index contributed by atoms with van der Waals surface area (Å²) in [6.45, 7) is 3.99. The highest BCUT2D eigenvalue weighted by Gasteiger charge is 2.53. The van der Waals surface area contributed by atoms with Crippen LogP contribution in [0, 0.1) is 6.92 Å². The van der Waals surface area contributed by atoms with E-state index in [-0.39, 0.29) is 12.3 Å². The Hall–Kier alpha value is -3.92. The van der Waals surface area contributed by atoms with Crippen molar-refractivity contribution >= 4 is 33.6 Å². The van der Waals surface area contributed by atoms with Gasteiger partial charge >= 0.3 is 6.09 Å². The average Bonchev–Trinajstić information content (AvgIpc) is 3.51. The summed E-state index contributed by atoms with van der Waals surface area (Å²) >= 11 is 0. The molecule has 2 fully saturated rings. The molecule has 1 spiro atoms. The van der Waals surface area contributed by atoms with Crippen LogP contribution in [-0.4, -0.2) is 74.9 Å². The number of fused-ring (bicyclic) bond motifs is 2. The minimum absolute atomic E-state index is 0.111. The number of piperazine rings is 1. The van der Waals surface area contributed by atoms with E-state index >= 15 is 0 Å². The lowest BCUT2D eigenvalue weighted by atomic mass is 10.0. The lowest BCUT2D eigenvalue weighted by Gasteiger charge is -2.41. The topological polar surface area (TPSA) is 106 Å². The second-order valence-corrected chi connectivity index (χ2v) is 9.69. The molecule has 6 rings (SSSR count). The van der Waals surface area contributed by atoms with Crippen LogP contribution in [0.3, 0.4) is 0 Å². The molecule has 4 aromatic rings. The Morgan fingerprint density at radius 2 is 2.03 bits per heavy atom. The minimum atomic E-state index is -0.819. The van der Waals surface area contributed by atoms with Crippen molar-refractivity contribution in [2.24, 2.45) is 7.05 Å². The van der Waals surface area contributed by atoms with Gasteiger partial charge in [0.05, 0.1) is 22.1 Å². The molecule has 0 atom stereocenters. The summed E-state index contributed by atoms with van der Waals surface area (Å²) in [7, 11) is 3.48. The van der Waals surface area contributed by atoms with Crippen molar-refractivity contribution in [3.8, 4) is 17.1 Å². The van der Waals surface area contributed by atoms with Gasteiger partial charge in [0.15, 0.2) is 12.6 Å². The van der Waals surface area contributed by atoms with Crippen LogP contribution in [0.4, 0.5) is 10.5 Å². The van der Waals surface area contributed by atoms with E-state index in [1.54, 1.807) is 16.7 Å². The van der Waals surface area contributed by atoms with Gasteiger partial charge in [0.2, 0.25) is 0 Å². The molecule has 1 N–H and O–H groups in total. The zero-order valence-electron chi connectivity index (χ0n) is 20.6. The Morgan fingerprint density at radius 1 is 1.19 bits per heavy atom. The number of anilines is 1. The van der Waals surface area contributed by atoms with Gasteiger partial charge in [-0.15, -0.1) is 0 Å². The molecule has 1 saturated heterocycles. The van der Waals surface area contributed by atoms with E-state index in [0.717, 1.165) is 51.5 Å². The second-order valence-electron chi connectivity index (χ2n) is 9.69. The number of rotatable bonds is 5. The zero-order chi connectivity index (χ0) is 25.0. The van der Waals surface area contributed by atoms with Crippen LogP contribution in [0.25, 0.3) is 33.2 Å². The molecule has 1 aliphatic carbocycles. The predicted octanol–water partition coefficient (Wildman–Crippen LogP) is 3.81. The van der Waals surface area contributed by atoms with E-state index < -0.39 is 6.09 Å². The molecule has 0 bridgehead atoms. The highest BCUT2D eigenvalue weighted by Crippen LogP contribution is 2.45. The highest BCUT2D eigenvalue weighted by molar-refractivity contribution is 5.91. The molecule has 0 radical (unpaired) electrons. The van der Waals surface area contributed by atoms with Crippen LogP contribution in [0.5, 0.6) is 5.75 Å². The number of hydrogen-bond donors (Lipinski definition) is 1. The molecule has 1 aliphatic heterocycles. The average molecular weight is 489 g/mol. The van der Waals surface area contributed by atoms with Crippen LogP contribution in [0.2, 0.25) is 0 Å². The number of aromatic nitrogens is 4. The van der Waals surface area contributed by atoms with Gasteiger partial charge < -0.3 is 19.5 Å². The summed E-state index contributed by atoms with van der Waals surface area (Å²) in [6, 6.07) is 8.16. The summed E-state index contributed by atoms with van der Waals surface area (Å²) in [6.07, 6.45) is 4.83. The molecular formula is C26H28N6O4. The highest BCUT2D eigenvalue weighted by atomic mass is 16.7. The number of carbonyl (C=O) groups is 1. The molecular weight excluding hydrogens is 460 g/mol. The normalized spacial score (nSPS) is 16.8. The Labute approximate surface area is 208 Å². The Balaban J connectivity index is 1.35. The Kier molecular flexibility index (Phi) is 5.22. The fraction of sp³-hybridized carbons (Fsp3) is 0.385. The molecule has 36 heavy (non-hydrogen) atoms. The van der Waals surface area contributed by atoms with Crippen molar-refractivity contribution in [2.45, 2.75) is 25.3 Å². The van der Waals surface area contributed by atoms with Gasteiger partial charge in [-0.05, 0) is 44.0 Å². The van der Waals surface area contributed by atoms with Crippen molar-refractivity contribution in [1.82, 2.24) is 24.6 Å². The zero-order valence-corrected chi connectivity index (χ0v) is 20.6. The monoisotopic (exact) mass is 488 g/mol. The summed E-state index contributed by atoms with van der Waals surface area (Å²) in [5.74, 6) is 1.23. The first-order valence-electron chi connectivity index (χ1n) is 12.0. The maximum Gasteiger partial charge on any atom is 0.407 e. The fourth-order valence-electron chi connectivity index (χ4n) is 5.32. The number of benzene rings is 2. The lowest BCUT2D eigenvalue weighted by Crippen LogP contribution is -2.56. The second kappa shape index (κ2) is 8.34. The van der Waals surface area contributed by atoms with Gasteiger partial charge in [-0.2, -0.15) is 5.10 Å². The summed E-state index contributed by atoms with van der Waals surface area (Å²) in [5, 5.41) is 16.0. The van der Waals surface area contributed by atoms with Gasteiger partial charge in [-0.1, -0.05) is 0 Å². The van der Waals surface area contributed by atoms with Crippen molar-refractivity contribution in [3.63, 3.8) is 0 Å². The van der Waals surface area contributed by atoms with Crippen LogP contribution in [0.1, 0.15) is 18.4 Å². The van der Waals surface area contributed by atoms with Gasteiger partial charge in [0, 0.05) is 68.2 Å². The summed E-state index contributed by atoms with van der Waals surface area (Å²) in [4.78, 5) is 25.1. The first-order chi connectivity index (χ1) is 17.4. The largest absolute Gasteiger partial charge is 0.466 e. The molecule has 0 unspecified atom stereocenters. The lowest BCUT2D eigenvalue weighted by molar-refractivity contribution is 0.0511. The number of methoxy groups -OCH3 is 1. The standard InChI is InChI=1S/C26H28N6O4/c1-16-22-18(13-30(2)29-22)11-20(23(16)36-15-35-3)24-27-12-17-10-19(4-5-21(17)28-24)31-8-9-32(25(33)34)26(14-31)6-7-26/h4-5,10-13H,6-9,14-15H2,1-3H3,(H,33,34). The van der Waals surface area contributed by atoms with E-state index in [1.807, 2.05) is 38.5 Å². The molecule has 2 aromatic carbocycles. The third-order valence-corrected chi connectivity index (χ3v) is 7.30. The molecule has 186 valence electrons. The third-order valence-electron chi connectivity index (χ3n) is 7.30. The van der Waals surface area contributed by atoms with Gasteiger partial charge in [-0.25, -0.2) is 14.8 Å². The molecule has 1 amide bonds. The first kappa shape index (κ1) is 22.5. The first-order valence-corrected chi connectivity index (χ1v) is 12.0. The number of carboxylic acid groups (broad SMARTS) is 1.